The largest absolute Gasteiger partial charge is 0.502 e. The number of carbonyl (C=O) groups is 1. The molecule has 6 nitrogen and oxygen atoms in total. The molecule has 0 bridgehead atoms. The van der Waals surface area contributed by atoms with Crippen molar-refractivity contribution in [1.29, 1.82) is 0 Å². The molecule has 1 aromatic heterocycles. The van der Waals surface area contributed by atoms with Gasteiger partial charge in [-0.1, -0.05) is 6.07 Å². The predicted octanol–water partition coefficient (Wildman–Crippen LogP) is 2.28. The normalized spacial score (nSPS) is 24.6. The Labute approximate surface area is 154 Å². The van der Waals surface area contributed by atoms with Gasteiger partial charge >= 0.3 is 0 Å². The molecule has 2 atom stereocenters. The molecule has 4 rings (SSSR count). The third-order valence-electron chi connectivity index (χ3n) is 5.67. The number of halogens is 2. The molecular weight excluding hydrogens is 356 g/mol. The fraction of sp³-hybridized carbons (Fsp3) is 0.368. The van der Waals surface area contributed by atoms with Crippen molar-refractivity contribution >= 4 is 5.91 Å². The molecule has 0 aliphatic carbocycles. The Kier molecular flexibility index (Phi) is 3.76. The van der Waals surface area contributed by atoms with Gasteiger partial charge in [0.05, 0.1) is 11.1 Å². The van der Waals surface area contributed by atoms with E-state index in [4.69, 9.17) is 0 Å². The Morgan fingerprint density at radius 2 is 1.85 bits per heavy atom. The summed E-state index contributed by atoms with van der Waals surface area (Å²) < 4.78 is 30.7. The Bertz CT molecular complexity index is 986. The monoisotopic (exact) mass is 375 g/mol. The van der Waals surface area contributed by atoms with Crippen molar-refractivity contribution in [2.75, 3.05) is 12.1 Å². The number of aromatic nitrogens is 1. The van der Waals surface area contributed by atoms with Gasteiger partial charge in [-0.25, -0.2) is 8.78 Å². The second kappa shape index (κ2) is 5.80. The summed E-state index contributed by atoms with van der Waals surface area (Å²) >= 11 is 0. The lowest BCUT2D eigenvalue weighted by Gasteiger charge is -2.56. The molecule has 8 heteroatoms. The Hall–Kier alpha value is -2.90. The fourth-order valence-corrected chi connectivity index (χ4v) is 4.38. The van der Waals surface area contributed by atoms with Gasteiger partial charge in [-0.2, -0.15) is 0 Å². The lowest BCUT2D eigenvalue weighted by molar-refractivity contribution is 0.0463. The molecule has 2 aromatic rings. The number of rotatable bonds is 1. The highest BCUT2D eigenvalue weighted by molar-refractivity contribution is 5.96. The number of benzene rings is 1. The van der Waals surface area contributed by atoms with E-state index in [-0.39, 0.29) is 11.3 Å². The number of hydrogen-bond donors (Lipinski definition) is 1. The Morgan fingerprint density at radius 1 is 1.19 bits per heavy atom. The maximum atomic E-state index is 14.7. The molecule has 27 heavy (non-hydrogen) atoms. The summed E-state index contributed by atoms with van der Waals surface area (Å²) in [5.74, 6) is -2.53. The van der Waals surface area contributed by atoms with Gasteiger partial charge < -0.3 is 10.0 Å². The Morgan fingerprint density at radius 3 is 2.52 bits per heavy atom. The molecule has 0 spiro atoms. The van der Waals surface area contributed by atoms with Crippen molar-refractivity contribution in [3.63, 3.8) is 0 Å². The van der Waals surface area contributed by atoms with Gasteiger partial charge in [0.25, 0.3) is 5.91 Å². The van der Waals surface area contributed by atoms with Gasteiger partial charge in [-0.15, -0.1) is 0 Å². The molecule has 1 fully saturated rings. The van der Waals surface area contributed by atoms with Crippen LogP contribution in [-0.4, -0.2) is 33.8 Å². The van der Waals surface area contributed by atoms with Crippen molar-refractivity contribution in [2.45, 2.75) is 37.9 Å². The van der Waals surface area contributed by atoms with E-state index in [9.17, 15) is 23.5 Å². The summed E-state index contributed by atoms with van der Waals surface area (Å²) in [6, 6.07) is 4.85. The van der Waals surface area contributed by atoms with Crippen molar-refractivity contribution in [3.05, 3.63) is 63.6 Å². The van der Waals surface area contributed by atoms with Gasteiger partial charge in [0, 0.05) is 19.3 Å². The minimum Gasteiger partial charge on any atom is -0.502 e. The van der Waals surface area contributed by atoms with E-state index >= 15 is 0 Å². The van der Waals surface area contributed by atoms with Crippen LogP contribution in [0.3, 0.4) is 0 Å². The average Bonchev–Trinajstić information content (AvgIpc) is 2.62. The van der Waals surface area contributed by atoms with Gasteiger partial charge in [-0.3, -0.25) is 19.3 Å². The highest BCUT2D eigenvalue weighted by Crippen LogP contribution is 2.44. The molecule has 1 amide bonds. The first-order chi connectivity index (χ1) is 12.8. The van der Waals surface area contributed by atoms with E-state index < -0.39 is 40.4 Å². The highest BCUT2D eigenvalue weighted by Gasteiger charge is 2.50. The standard InChI is InChI=1S/C19H19F2N3O3/c1-19(15-11(20)5-3-6-12(15)21)9-4-7-14-22(2)18(27)16-17(26)13(25)8-10-23(16)24(14)19/h3,5-6,8,10,14,26H,4,7,9H2,1-2H3. The van der Waals surface area contributed by atoms with Crippen molar-refractivity contribution in [3.8, 4) is 5.75 Å². The zero-order valence-corrected chi connectivity index (χ0v) is 14.9. The quantitative estimate of drug-likeness (QED) is 0.831. The summed E-state index contributed by atoms with van der Waals surface area (Å²) in [5.41, 5.74) is -2.10. The first-order valence-corrected chi connectivity index (χ1v) is 8.73. The minimum absolute atomic E-state index is 0.0958. The third kappa shape index (κ3) is 2.28. The molecule has 142 valence electrons. The SMILES string of the molecule is CN1C(=O)c2c(O)c(=O)ccn2N2C1CCCC2(C)c1c(F)cccc1F. The van der Waals surface area contributed by atoms with Crippen molar-refractivity contribution < 1.29 is 18.7 Å². The molecule has 3 heterocycles. The van der Waals surface area contributed by atoms with Gasteiger partial charge in [0.1, 0.15) is 17.8 Å². The van der Waals surface area contributed by atoms with Crippen molar-refractivity contribution in [1.82, 2.24) is 9.58 Å². The molecular formula is C19H19F2N3O3. The summed E-state index contributed by atoms with van der Waals surface area (Å²) in [4.78, 5) is 26.0. The van der Waals surface area contributed by atoms with E-state index in [1.54, 1.807) is 19.0 Å². The van der Waals surface area contributed by atoms with Crippen LogP contribution in [-0.2, 0) is 5.54 Å². The Balaban J connectivity index is 2.02. The molecule has 1 aromatic carbocycles. The lowest BCUT2D eigenvalue weighted by Crippen LogP contribution is -2.68. The number of hydrogen-bond acceptors (Lipinski definition) is 4. The van der Waals surface area contributed by atoms with Crippen LogP contribution in [0.1, 0.15) is 42.2 Å². The van der Waals surface area contributed by atoms with Crippen molar-refractivity contribution in [2.24, 2.45) is 0 Å². The lowest BCUT2D eigenvalue weighted by atomic mass is 9.81. The summed E-state index contributed by atoms with van der Waals surface area (Å²) in [5, 5.41) is 11.9. The number of fused-ring (bicyclic) bond motifs is 3. The zero-order chi connectivity index (χ0) is 19.5. The number of aromatic hydroxyl groups is 1. The second-order valence-corrected chi connectivity index (χ2v) is 7.23. The van der Waals surface area contributed by atoms with Gasteiger partial charge in [0.15, 0.2) is 11.4 Å². The molecule has 0 radical (unpaired) electrons. The molecule has 2 aliphatic rings. The molecule has 2 unspecified atom stereocenters. The number of carbonyl (C=O) groups excluding carboxylic acids is 1. The van der Waals surface area contributed by atoms with E-state index in [1.165, 1.54) is 34.0 Å². The third-order valence-corrected chi connectivity index (χ3v) is 5.67. The molecule has 0 saturated carbocycles. The number of piperidine rings is 1. The summed E-state index contributed by atoms with van der Waals surface area (Å²) in [6.07, 6.45) is 2.60. The summed E-state index contributed by atoms with van der Waals surface area (Å²) in [6.45, 7) is 1.71. The van der Waals surface area contributed by atoms with E-state index in [2.05, 4.69) is 0 Å². The predicted molar refractivity (Wildman–Crippen MR) is 94.0 cm³/mol. The maximum Gasteiger partial charge on any atom is 0.277 e. The fourth-order valence-electron chi connectivity index (χ4n) is 4.38. The molecule has 2 aliphatic heterocycles. The van der Waals surface area contributed by atoms with Gasteiger partial charge in [0.2, 0.25) is 5.43 Å². The van der Waals surface area contributed by atoms with E-state index in [0.717, 1.165) is 6.07 Å². The topological polar surface area (TPSA) is 65.8 Å². The second-order valence-electron chi connectivity index (χ2n) is 7.23. The first-order valence-electron chi connectivity index (χ1n) is 8.73. The van der Waals surface area contributed by atoms with Crippen LogP contribution in [0, 0.1) is 11.6 Å². The summed E-state index contributed by atoms with van der Waals surface area (Å²) in [7, 11) is 1.56. The van der Waals surface area contributed by atoms with Crippen LogP contribution in [0.4, 0.5) is 8.78 Å². The van der Waals surface area contributed by atoms with Gasteiger partial charge in [-0.05, 0) is 38.3 Å². The number of pyridine rings is 1. The van der Waals surface area contributed by atoms with E-state index in [1.807, 2.05) is 0 Å². The number of amides is 1. The zero-order valence-electron chi connectivity index (χ0n) is 14.9. The maximum absolute atomic E-state index is 14.7. The average molecular weight is 375 g/mol. The van der Waals surface area contributed by atoms with E-state index in [0.29, 0.717) is 19.3 Å². The molecule has 1 N–H and O–H groups in total. The highest BCUT2D eigenvalue weighted by atomic mass is 19.1. The van der Waals surface area contributed by atoms with Crippen LogP contribution in [0.2, 0.25) is 0 Å². The minimum atomic E-state index is -1.12. The molecule has 1 saturated heterocycles. The number of nitrogens with zero attached hydrogens (tertiary/aromatic N) is 3. The van der Waals surface area contributed by atoms with Crippen LogP contribution < -0.4 is 10.4 Å². The van der Waals surface area contributed by atoms with Crippen LogP contribution in [0.5, 0.6) is 5.75 Å². The smallest absolute Gasteiger partial charge is 0.277 e. The van der Waals surface area contributed by atoms with Crippen LogP contribution >= 0.6 is 0 Å². The van der Waals surface area contributed by atoms with Crippen LogP contribution in [0.15, 0.2) is 35.3 Å². The first kappa shape index (κ1) is 17.5. The van der Waals surface area contributed by atoms with Crippen LogP contribution in [0.25, 0.3) is 0 Å².